The maximum atomic E-state index is 12.4. The first-order chi connectivity index (χ1) is 12.2. The van der Waals surface area contributed by atoms with E-state index in [1.165, 1.54) is 0 Å². The largest absolute Gasteiger partial charge is 0.395 e. The predicted octanol–water partition coefficient (Wildman–Crippen LogP) is 1.31. The topological polar surface area (TPSA) is 87.0 Å². The van der Waals surface area contributed by atoms with Gasteiger partial charge in [-0.1, -0.05) is 25.1 Å². The lowest BCUT2D eigenvalue weighted by Crippen LogP contribution is -2.35. The number of aliphatic hydroxyl groups is 1. The van der Waals surface area contributed by atoms with E-state index in [4.69, 9.17) is 0 Å². The highest BCUT2D eigenvalue weighted by Gasteiger charge is 2.31. The fourth-order valence-electron chi connectivity index (χ4n) is 3.57. The average Bonchev–Trinajstić information content (AvgIpc) is 3.19. The summed E-state index contributed by atoms with van der Waals surface area (Å²) >= 11 is 0. The first kappa shape index (κ1) is 16.0. The van der Waals surface area contributed by atoms with Crippen LogP contribution < -0.4 is 5.56 Å². The van der Waals surface area contributed by atoms with E-state index in [9.17, 15) is 9.90 Å². The summed E-state index contributed by atoms with van der Waals surface area (Å²) < 4.78 is 1.68. The van der Waals surface area contributed by atoms with Crippen molar-refractivity contribution < 1.29 is 5.11 Å². The summed E-state index contributed by atoms with van der Waals surface area (Å²) in [6, 6.07) is 9.76. The summed E-state index contributed by atoms with van der Waals surface area (Å²) in [5, 5.41) is 14.4. The van der Waals surface area contributed by atoms with Gasteiger partial charge in [-0.15, -0.1) is 0 Å². The number of para-hydroxylation sites is 1. The van der Waals surface area contributed by atoms with Gasteiger partial charge in [-0.25, -0.2) is 9.67 Å². The van der Waals surface area contributed by atoms with Gasteiger partial charge in [-0.2, -0.15) is 5.10 Å². The van der Waals surface area contributed by atoms with E-state index < -0.39 is 0 Å². The number of aliphatic hydroxyl groups excluding tert-OH is 1. The van der Waals surface area contributed by atoms with Gasteiger partial charge in [0.2, 0.25) is 0 Å². The van der Waals surface area contributed by atoms with Crippen molar-refractivity contribution in [1.29, 1.82) is 0 Å². The van der Waals surface area contributed by atoms with Crippen molar-refractivity contribution in [1.82, 2.24) is 24.6 Å². The molecule has 1 saturated heterocycles. The second-order valence-corrected chi connectivity index (χ2v) is 6.63. The lowest BCUT2D eigenvalue weighted by Gasteiger charge is -2.24. The van der Waals surface area contributed by atoms with E-state index in [2.05, 4.69) is 26.9 Å². The molecule has 3 aromatic rings. The van der Waals surface area contributed by atoms with Crippen LogP contribution in [-0.4, -0.2) is 48.9 Å². The molecule has 7 nitrogen and oxygen atoms in total. The van der Waals surface area contributed by atoms with E-state index in [1.807, 2.05) is 30.3 Å². The Morgan fingerprint density at radius 3 is 2.88 bits per heavy atom. The van der Waals surface area contributed by atoms with Gasteiger partial charge in [0.15, 0.2) is 5.65 Å². The van der Waals surface area contributed by atoms with Crippen LogP contribution in [0.3, 0.4) is 0 Å². The quantitative estimate of drug-likeness (QED) is 0.748. The standard InChI is InChI=1S/C18H21N5O2/c1-12-7-8-22(15(12)11-24)10-16-20-17-14(18(25)21-16)9-19-23(17)13-5-3-2-4-6-13/h2-6,9,12,15,24H,7-8,10-11H2,1H3,(H,20,21,25). The Kier molecular flexibility index (Phi) is 4.10. The summed E-state index contributed by atoms with van der Waals surface area (Å²) in [5.41, 5.74) is 1.23. The SMILES string of the molecule is CC1CCN(Cc2nc3c(cnn3-c3ccccc3)c(=O)[nH]2)C1CO. The van der Waals surface area contributed by atoms with Crippen LogP contribution in [0.5, 0.6) is 0 Å². The van der Waals surface area contributed by atoms with Crippen LogP contribution in [0.15, 0.2) is 41.3 Å². The third-order valence-electron chi connectivity index (χ3n) is 5.03. The molecule has 130 valence electrons. The molecule has 0 amide bonds. The molecule has 1 fully saturated rings. The molecule has 7 heteroatoms. The van der Waals surface area contributed by atoms with E-state index in [0.29, 0.717) is 29.3 Å². The number of hydrogen-bond donors (Lipinski definition) is 2. The maximum absolute atomic E-state index is 12.4. The summed E-state index contributed by atoms with van der Waals surface area (Å²) in [4.78, 5) is 22.1. The monoisotopic (exact) mass is 339 g/mol. The summed E-state index contributed by atoms with van der Waals surface area (Å²) in [7, 11) is 0. The van der Waals surface area contributed by atoms with Gasteiger partial charge < -0.3 is 10.1 Å². The van der Waals surface area contributed by atoms with Gasteiger partial charge in [0.05, 0.1) is 25.0 Å². The molecule has 4 rings (SSSR count). The number of nitrogens with zero attached hydrogens (tertiary/aromatic N) is 4. The summed E-state index contributed by atoms with van der Waals surface area (Å²) in [5.74, 6) is 1.04. The van der Waals surface area contributed by atoms with Gasteiger partial charge in [0, 0.05) is 6.04 Å². The molecule has 0 radical (unpaired) electrons. The Labute approximate surface area is 144 Å². The zero-order chi connectivity index (χ0) is 17.4. The van der Waals surface area contributed by atoms with Gasteiger partial charge in [-0.05, 0) is 31.0 Å². The normalized spacial score (nSPS) is 21.2. The van der Waals surface area contributed by atoms with Crippen LogP contribution in [0, 0.1) is 5.92 Å². The molecule has 2 aromatic heterocycles. The third kappa shape index (κ3) is 2.85. The van der Waals surface area contributed by atoms with Crippen LogP contribution in [0.25, 0.3) is 16.7 Å². The van der Waals surface area contributed by atoms with E-state index in [1.54, 1.807) is 10.9 Å². The number of hydrogen-bond acceptors (Lipinski definition) is 5. The van der Waals surface area contributed by atoms with Crippen molar-refractivity contribution in [2.75, 3.05) is 13.2 Å². The molecule has 2 unspecified atom stereocenters. The molecule has 1 aliphatic rings. The molecular weight excluding hydrogens is 318 g/mol. The summed E-state index contributed by atoms with van der Waals surface area (Å²) in [6.45, 7) is 3.67. The molecule has 1 aromatic carbocycles. The number of likely N-dealkylation sites (tertiary alicyclic amines) is 1. The highest BCUT2D eigenvalue weighted by Crippen LogP contribution is 2.24. The summed E-state index contributed by atoms with van der Waals surface area (Å²) in [6.07, 6.45) is 2.59. The third-order valence-corrected chi connectivity index (χ3v) is 5.03. The smallest absolute Gasteiger partial charge is 0.262 e. The van der Waals surface area contributed by atoms with Crippen molar-refractivity contribution in [2.24, 2.45) is 5.92 Å². The number of aromatic nitrogens is 4. The predicted molar refractivity (Wildman–Crippen MR) is 94.6 cm³/mol. The highest BCUT2D eigenvalue weighted by atomic mass is 16.3. The van der Waals surface area contributed by atoms with Crippen LogP contribution in [0.1, 0.15) is 19.2 Å². The Morgan fingerprint density at radius 2 is 2.12 bits per heavy atom. The van der Waals surface area contributed by atoms with E-state index >= 15 is 0 Å². The van der Waals surface area contributed by atoms with Crippen LogP contribution in [-0.2, 0) is 6.54 Å². The zero-order valence-corrected chi connectivity index (χ0v) is 14.1. The lowest BCUT2D eigenvalue weighted by molar-refractivity contribution is 0.132. The van der Waals surface area contributed by atoms with E-state index in [-0.39, 0.29) is 18.2 Å². The van der Waals surface area contributed by atoms with Crippen LogP contribution in [0.2, 0.25) is 0 Å². The minimum absolute atomic E-state index is 0.111. The average molecular weight is 339 g/mol. The molecule has 0 bridgehead atoms. The Morgan fingerprint density at radius 1 is 1.32 bits per heavy atom. The Bertz CT molecular complexity index is 934. The molecule has 3 heterocycles. The number of fused-ring (bicyclic) bond motifs is 1. The number of aromatic amines is 1. The maximum Gasteiger partial charge on any atom is 0.262 e. The molecule has 25 heavy (non-hydrogen) atoms. The Balaban J connectivity index is 1.73. The first-order valence-corrected chi connectivity index (χ1v) is 8.54. The van der Waals surface area contributed by atoms with Crippen molar-refractivity contribution >= 4 is 11.0 Å². The molecule has 0 spiro atoms. The van der Waals surface area contributed by atoms with E-state index in [0.717, 1.165) is 18.7 Å². The molecule has 2 atom stereocenters. The molecular formula is C18H21N5O2. The van der Waals surface area contributed by atoms with Crippen LogP contribution in [0.4, 0.5) is 0 Å². The number of H-pyrrole nitrogens is 1. The van der Waals surface area contributed by atoms with Crippen LogP contribution >= 0.6 is 0 Å². The highest BCUT2D eigenvalue weighted by molar-refractivity contribution is 5.75. The van der Waals surface area contributed by atoms with Crippen molar-refractivity contribution in [3.63, 3.8) is 0 Å². The van der Waals surface area contributed by atoms with Crippen molar-refractivity contribution in [2.45, 2.75) is 25.9 Å². The second-order valence-electron chi connectivity index (χ2n) is 6.63. The van der Waals surface area contributed by atoms with Gasteiger partial charge in [0.25, 0.3) is 5.56 Å². The fraction of sp³-hybridized carbons (Fsp3) is 0.389. The van der Waals surface area contributed by atoms with Gasteiger partial charge in [-0.3, -0.25) is 9.69 Å². The lowest BCUT2D eigenvalue weighted by atomic mass is 10.0. The fourth-order valence-corrected chi connectivity index (χ4v) is 3.57. The van der Waals surface area contributed by atoms with Crippen molar-refractivity contribution in [3.05, 3.63) is 52.7 Å². The molecule has 1 aliphatic heterocycles. The van der Waals surface area contributed by atoms with Gasteiger partial charge >= 0.3 is 0 Å². The number of nitrogens with one attached hydrogen (secondary N) is 1. The minimum atomic E-state index is -0.185. The first-order valence-electron chi connectivity index (χ1n) is 8.54. The Hall–Kier alpha value is -2.51. The number of benzene rings is 1. The second kappa shape index (κ2) is 6.42. The van der Waals surface area contributed by atoms with Crippen molar-refractivity contribution in [3.8, 4) is 5.69 Å². The number of rotatable bonds is 4. The minimum Gasteiger partial charge on any atom is -0.395 e. The molecule has 0 saturated carbocycles. The molecule has 2 N–H and O–H groups in total. The zero-order valence-electron chi connectivity index (χ0n) is 14.1. The molecule has 0 aliphatic carbocycles. The van der Waals surface area contributed by atoms with Gasteiger partial charge in [0.1, 0.15) is 11.2 Å².